The summed E-state index contributed by atoms with van der Waals surface area (Å²) < 4.78 is 0. The van der Waals surface area contributed by atoms with Crippen molar-refractivity contribution in [1.29, 1.82) is 0 Å². The van der Waals surface area contributed by atoms with Crippen molar-refractivity contribution in [2.75, 3.05) is 45.2 Å². The van der Waals surface area contributed by atoms with E-state index in [1.165, 1.54) is 38.0 Å². The largest absolute Gasteiger partial charge is 0.375 e. The molecule has 1 aromatic carbocycles. The predicted molar refractivity (Wildman–Crippen MR) is 129 cm³/mol. The van der Waals surface area contributed by atoms with Gasteiger partial charge in [-0.2, -0.15) is 0 Å². The highest BCUT2D eigenvalue weighted by Crippen LogP contribution is 2.13. The fourth-order valence-electron chi connectivity index (χ4n) is 3.44. The topological polar surface area (TPSA) is 42.9 Å². The number of para-hydroxylation sites is 1. The molecule has 1 aliphatic heterocycles. The predicted octanol–water partition coefficient (Wildman–Crippen LogP) is 3.56. The van der Waals surface area contributed by atoms with Crippen molar-refractivity contribution in [3.05, 3.63) is 30.3 Å². The number of rotatable bonds is 8. The third kappa shape index (κ3) is 8.68. The van der Waals surface area contributed by atoms with Crippen molar-refractivity contribution < 1.29 is 0 Å². The van der Waals surface area contributed by atoms with Crippen molar-refractivity contribution in [3.8, 4) is 0 Å². The summed E-state index contributed by atoms with van der Waals surface area (Å²) in [7, 11) is 4.02. The first-order valence-electron chi connectivity index (χ1n) is 10.1. The molecule has 0 atom stereocenters. The molecule has 0 aromatic heterocycles. The zero-order valence-electron chi connectivity index (χ0n) is 17.4. The van der Waals surface area contributed by atoms with Crippen LogP contribution in [0.3, 0.4) is 0 Å². The summed E-state index contributed by atoms with van der Waals surface area (Å²) in [5.41, 5.74) is 1.28. The number of nitrogens with zero attached hydrogens (tertiary/aromatic N) is 3. The highest BCUT2D eigenvalue weighted by atomic mass is 127. The van der Waals surface area contributed by atoms with Crippen molar-refractivity contribution in [3.63, 3.8) is 0 Å². The Morgan fingerprint density at radius 1 is 1.19 bits per heavy atom. The Morgan fingerprint density at radius 3 is 2.44 bits per heavy atom. The number of halogens is 1. The van der Waals surface area contributed by atoms with Crippen LogP contribution in [-0.2, 0) is 0 Å². The molecular formula is C21H38IN5. The molecule has 5 nitrogen and oxygen atoms in total. The number of hydrogen-bond donors (Lipinski definition) is 2. The summed E-state index contributed by atoms with van der Waals surface area (Å²) in [4.78, 5) is 9.26. The number of unbranched alkanes of at least 4 members (excludes halogenated alkanes) is 1. The van der Waals surface area contributed by atoms with Gasteiger partial charge in [-0.05, 0) is 51.7 Å². The van der Waals surface area contributed by atoms with Crippen LogP contribution in [0, 0.1) is 0 Å². The van der Waals surface area contributed by atoms with Gasteiger partial charge in [-0.1, -0.05) is 18.2 Å². The molecule has 0 amide bonds. The lowest BCUT2D eigenvalue weighted by Gasteiger charge is -2.35. The maximum absolute atomic E-state index is 4.39. The van der Waals surface area contributed by atoms with Crippen LogP contribution in [0.15, 0.2) is 35.3 Å². The Balaban J connectivity index is 0.00000364. The summed E-state index contributed by atoms with van der Waals surface area (Å²) in [6.07, 6.45) is 4.70. The number of anilines is 1. The van der Waals surface area contributed by atoms with Crippen LogP contribution < -0.4 is 15.5 Å². The van der Waals surface area contributed by atoms with Crippen LogP contribution in [0.4, 0.5) is 5.69 Å². The summed E-state index contributed by atoms with van der Waals surface area (Å²) >= 11 is 0. The van der Waals surface area contributed by atoms with Gasteiger partial charge in [-0.25, -0.2) is 0 Å². The molecule has 6 heteroatoms. The lowest BCUT2D eigenvalue weighted by Crippen LogP contribution is -2.50. The third-order valence-corrected chi connectivity index (χ3v) is 5.23. The van der Waals surface area contributed by atoms with Crippen LogP contribution in [0.2, 0.25) is 0 Å². The summed E-state index contributed by atoms with van der Waals surface area (Å²) in [6, 6.07) is 11.8. The van der Waals surface area contributed by atoms with E-state index in [0.29, 0.717) is 12.1 Å². The molecule has 154 valence electrons. The number of nitrogens with one attached hydrogen (secondary N) is 2. The highest BCUT2D eigenvalue weighted by molar-refractivity contribution is 14.0. The standard InChI is InChI=1S/C21H37N5.HI/c1-18(2)26-16-12-19(13-17-26)24-21(22-3)23-14-8-9-15-25(4)20-10-6-5-7-11-20;/h5-7,10-11,18-19H,8-9,12-17H2,1-4H3,(H2,22,23,24);1H. The minimum atomic E-state index is 0. The second-order valence-electron chi connectivity index (χ2n) is 7.51. The lowest BCUT2D eigenvalue weighted by molar-refractivity contribution is 0.167. The van der Waals surface area contributed by atoms with Crippen LogP contribution in [0.5, 0.6) is 0 Å². The minimum absolute atomic E-state index is 0. The normalized spacial score (nSPS) is 16.1. The fraction of sp³-hybridized carbons (Fsp3) is 0.667. The molecule has 27 heavy (non-hydrogen) atoms. The Hall–Kier alpha value is -1.02. The molecule has 1 aliphatic rings. The Bertz CT molecular complexity index is 527. The molecule has 0 unspecified atom stereocenters. The zero-order chi connectivity index (χ0) is 18.8. The van der Waals surface area contributed by atoms with E-state index >= 15 is 0 Å². The number of benzene rings is 1. The van der Waals surface area contributed by atoms with Gasteiger partial charge < -0.3 is 20.4 Å². The summed E-state index contributed by atoms with van der Waals surface area (Å²) in [6.45, 7) is 8.96. The van der Waals surface area contributed by atoms with Gasteiger partial charge in [0, 0.05) is 58.0 Å². The van der Waals surface area contributed by atoms with Crippen molar-refractivity contribution >= 4 is 35.6 Å². The van der Waals surface area contributed by atoms with Gasteiger partial charge in [0.05, 0.1) is 0 Å². The van der Waals surface area contributed by atoms with Gasteiger partial charge in [0.25, 0.3) is 0 Å². The monoisotopic (exact) mass is 487 g/mol. The Labute approximate surface area is 183 Å². The molecule has 0 saturated carbocycles. The van der Waals surface area contributed by atoms with Gasteiger partial charge >= 0.3 is 0 Å². The Morgan fingerprint density at radius 2 is 1.85 bits per heavy atom. The number of guanidine groups is 1. The molecule has 1 heterocycles. The van der Waals surface area contributed by atoms with Crippen LogP contribution in [-0.4, -0.2) is 63.2 Å². The highest BCUT2D eigenvalue weighted by Gasteiger charge is 2.21. The van der Waals surface area contributed by atoms with Gasteiger partial charge in [0.15, 0.2) is 5.96 Å². The van der Waals surface area contributed by atoms with E-state index < -0.39 is 0 Å². The molecule has 0 bridgehead atoms. The molecule has 0 spiro atoms. The number of aliphatic imine (C=N–C) groups is 1. The van der Waals surface area contributed by atoms with Gasteiger partial charge in [-0.15, -0.1) is 24.0 Å². The fourth-order valence-corrected chi connectivity index (χ4v) is 3.44. The number of likely N-dealkylation sites (tertiary alicyclic amines) is 1. The molecule has 2 rings (SSSR count). The SMILES string of the molecule is CN=C(NCCCCN(C)c1ccccc1)NC1CCN(C(C)C)CC1.I. The van der Waals surface area contributed by atoms with Crippen LogP contribution in [0.1, 0.15) is 39.5 Å². The van der Waals surface area contributed by atoms with Gasteiger partial charge in [0.1, 0.15) is 0 Å². The van der Waals surface area contributed by atoms with E-state index in [-0.39, 0.29) is 24.0 Å². The number of hydrogen-bond acceptors (Lipinski definition) is 3. The first kappa shape index (κ1) is 24.0. The first-order chi connectivity index (χ1) is 12.6. The van der Waals surface area contributed by atoms with E-state index in [9.17, 15) is 0 Å². The maximum Gasteiger partial charge on any atom is 0.191 e. The van der Waals surface area contributed by atoms with Crippen LogP contribution in [0.25, 0.3) is 0 Å². The molecular weight excluding hydrogens is 449 g/mol. The average Bonchev–Trinajstić information content (AvgIpc) is 2.67. The lowest BCUT2D eigenvalue weighted by atomic mass is 10.0. The van der Waals surface area contributed by atoms with E-state index in [1.54, 1.807) is 0 Å². The van der Waals surface area contributed by atoms with Gasteiger partial charge in [0.2, 0.25) is 0 Å². The quantitative estimate of drug-likeness (QED) is 0.255. The molecule has 2 N–H and O–H groups in total. The molecule has 1 aromatic rings. The first-order valence-corrected chi connectivity index (χ1v) is 10.1. The zero-order valence-corrected chi connectivity index (χ0v) is 19.8. The summed E-state index contributed by atoms with van der Waals surface area (Å²) in [5, 5.41) is 7.06. The van der Waals surface area contributed by atoms with Crippen molar-refractivity contribution in [2.24, 2.45) is 4.99 Å². The smallest absolute Gasteiger partial charge is 0.191 e. The maximum atomic E-state index is 4.39. The van der Waals surface area contributed by atoms with E-state index in [4.69, 9.17) is 0 Å². The van der Waals surface area contributed by atoms with E-state index in [0.717, 1.165) is 25.5 Å². The Kier molecular flexibility index (Phi) is 11.7. The van der Waals surface area contributed by atoms with Gasteiger partial charge in [-0.3, -0.25) is 4.99 Å². The van der Waals surface area contributed by atoms with Crippen molar-refractivity contribution in [1.82, 2.24) is 15.5 Å². The molecule has 0 aliphatic carbocycles. The average molecular weight is 487 g/mol. The molecule has 0 radical (unpaired) electrons. The van der Waals surface area contributed by atoms with Crippen LogP contribution >= 0.6 is 24.0 Å². The second kappa shape index (κ2) is 13.2. The second-order valence-corrected chi connectivity index (χ2v) is 7.51. The molecule has 1 fully saturated rings. The van der Waals surface area contributed by atoms with E-state index in [2.05, 4.69) is 76.7 Å². The molecule has 1 saturated heterocycles. The van der Waals surface area contributed by atoms with E-state index in [1.807, 2.05) is 7.05 Å². The number of piperidine rings is 1. The summed E-state index contributed by atoms with van der Waals surface area (Å²) in [5.74, 6) is 0.949. The third-order valence-electron chi connectivity index (χ3n) is 5.23. The minimum Gasteiger partial charge on any atom is -0.375 e. The van der Waals surface area contributed by atoms with Crippen molar-refractivity contribution in [2.45, 2.75) is 51.6 Å².